The van der Waals surface area contributed by atoms with E-state index in [1.807, 2.05) is 0 Å². The first kappa shape index (κ1) is 9.80. The van der Waals surface area contributed by atoms with E-state index in [4.69, 9.17) is 9.52 Å². The zero-order valence-corrected chi connectivity index (χ0v) is 7.41. The maximum absolute atomic E-state index is 11.1. The molecule has 72 valence electrons. The zero-order chi connectivity index (χ0) is 9.84. The molecule has 0 aromatic carbocycles. The Balaban J connectivity index is 2.99. The van der Waals surface area contributed by atoms with Gasteiger partial charge in [-0.05, 0) is 13.3 Å². The monoisotopic (exact) mass is 184 g/mol. The van der Waals surface area contributed by atoms with E-state index in [-0.39, 0.29) is 18.1 Å². The third kappa shape index (κ3) is 2.32. The number of aryl methyl sites for hydroxylation is 2. The molecule has 0 atom stereocenters. The van der Waals surface area contributed by atoms with Crippen LogP contribution in [0.5, 0.6) is 5.75 Å². The molecular formula is C9H12O4. The molecule has 2 N–H and O–H groups in total. The molecule has 13 heavy (non-hydrogen) atoms. The van der Waals surface area contributed by atoms with Crippen LogP contribution in [-0.2, 0) is 6.42 Å². The average molecular weight is 184 g/mol. The van der Waals surface area contributed by atoms with Gasteiger partial charge in [0.05, 0.1) is 0 Å². The molecule has 1 rings (SSSR count). The van der Waals surface area contributed by atoms with Crippen molar-refractivity contribution in [1.82, 2.24) is 0 Å². The van der Waals surface area contributed by atoms with Gasteiger partial charge < -0.3 is 14.6 Å². The lowest BCUT2D eigenvalue weighted by Gasteiger charge is -2.02. The van der Waals surface area contributed by atoms with Gasteiger partial charge in [-0.25, -0.2) is 0 Å². The van der Waals surface area contributed by atoms with Gasteiger partial charge in [-0.3, -0.25) is 4.79 Å². The highest BCUT2D eigenvalue weighted by atomic mass is 16.4. The smallest absolute Gasteiger partial charge is 0.227 e. The maximum Gasteiger partial charge on any atom is 0.227 e. The van der Waals surface area contributed by atoms with E-state index in [1.165, 1.54) is 6.07 Å². The fourth-order valence-electron chi connectivity index (χ4n) is 1.07. The first-order valence-electron chi connectivity index (χ1n) is 4.08. The van der Waals surface area contributed by atoms with Crippen LogP contribution in [-0.4, -0.2) is 16.8 Å². The molecule has 0 saturated carbocycles. The first-order valence-corrected chi connectivity index (χ1v) is 4.08. The van der Waals surface area contributed by atoms with Crippen LogP contribution in [0.3, 0.4) is 0 Å². The SMILES string of the molecule is Cc1cc(=O)c(O)c(CCCO)o1. The summed E-state index contributed by atoms with van der Waals surface area (Å²) in [5.74, 6) is 0.369. The van der Waals surface area contributed by atoms with Crippen LogP contribution >= 0.6 is 0 Å². The fraction of sp³-hybridized carbons (Fsp3) is 0.444. The summed E-state index contributed by atoms with van der Waals surface area (Å²) in [7, 11) is 0. The lowest BCUT2D eigenvalue weighted by atomic mass is 10.2. The Kier molecular flexibility index (Phi) is 3.08. The van der Waals surface area contributed by atoms with Gasteiger partial charge >= 0.3 is 0 Å². The molecule has 0 amide bonds. The summed E-state index contributed by atoms with van der Waals surface area (Å²) < 4.78 is 5.13. The molecule has 4 nitrogen and oxygen atoms in total. The van der Waals surface area contributed by atoms with Gasteiger partial charge in [-0.1, -0.05) is 0 Å². The van der Waals surface area contributed by atoms with Gasteiger partial charge in [0.15, 0.2) is 0 Å². The third-order valence-electron chi connectivity index (χ3n) is 1.68. The highest BCUT2D eigenvalue weighted by Crippen LogP contribution is 2.14. The molecule has 0 fully saturated rings. The van der Waals surface area contributed by atoms with E-state index in [9.17, 15) is 9.90 Å². The Morgan fingerprint density at radius 2 is 2.23 bits per heavy atom. The molecule has 0 aliphatic carbocycles. The van der Waals surface area contributed by atoms with Gasteiger partial charge in [0.1, 0.15) is 11.5 Å². The first-order chi connectivity index (χ1) is 6.15. The number of aromatic hydroxyl groups is 1. The lowest BCUT2D eigenvalue weighted by molar-refractivity contribution is 0.280. The van der Waals surface area contributed by atoms with Gasteiger partial charge in [-0.15, -0.1) is 0 Å². The predicted molar refractivity (Wildman–Crippen MR) is 46.8 cm³/mol. The molecule has 0 spiro atoms. The van der Waals surface area contributed by atoms with Crippen molar-refractivity contribution in [3.8, 4) is 5.75 Å². The molecule has 0 aliphatic heterocycles. The number of hydrogen-bond donors (Lipinski definition) is 2. The van der Waals surface area contributed by atoms with Crippen LogP contribution in [0, 0.1) is 6.92 Å². The van der Waals surface area contributed by atoms with Crippen molar-refractivity contribution in [3.05, 3.63) is 27.8 Å². The van der Waals surface area contributed by atoms with Crippen LogP contribution in [0.15, 0.2) is 15.3 Å². The Hall–Kier alpha value is -1.29. The van der Waals surface area contributed by atoms with Crippen molar-refractivity contribution < 1.29 is 14.6 Å². The summed E-state index contributed by atoms with van der Waals surface area (Å²) in [6.45, 7) is 1.65. The Morgan fingerprint density at radius 3 is 2.85 bits per heavy atom. The highest BCUT2D eigenvalue weighted by molar-refractivity contribution is 5.24. The topological polar surface area (TPSA) is 70.7 Å². The number of aliphatic hydroxyl groups is 1. The molecule has 1 heterocycles. The summed E-state index contributed by atoms with van der Waals surface area (Å²) in [5, 5.41) is 17.8. The van der Waals surface area contributed by atoms with Crippen LogP contribution in [0.1, 0.15) is 17.9 Å². The quantitative estimate of drug-likeness (QED) is 0.720. The summed E-state index contributed by atoms with van der Waals surface area (Å²) in [6.07, 6.45) is 0.846. The number of aliphatic hydroxyl groups excluding tert-OH is 1. The van der Waals surface area contributed by atoms with Crippen molar-refractivity contribution in [2.45, 2.75) is 19.8 Å². The molecule has 0 bridgehead atoms. The second kappa shape index (κ2) is 4.09. The largest absolute Gasteiger partial charge is 0.502 e. The van der Waals surface area contributed by atoms with Gasteiger partial charge in [0.25, 0.3) is 0 Å². The average Bonchev–Trinajstić information content (AvgIpc) is 2.09. The molecule has 1 aromatic rings. The standard InChI is InChI=1S/C9H12O4/c1-6-5-7(11)9(12)8(13-6)3-2-4-10/h5,10,12H,2-4H2,1H3. The van der Waals surface area contributed by atoms with Crippen molar-refractivity contribution in [2.24, 2.45) is 0 Å². The second-order valence-corrected chi connectivity index (χ2v) is 2.82. The minimum atomic E-state index is -0.434. The van der Waals surface area contributed by atoms with Crippen LogP contribution in [0.2, 0.25) is 0 Å². The summed E-state index contributed by atoms with van der Waals surface area (Å²) in [4.78, 5) is 11.1. The van der Waals surface area contributed by atoms with Crippen molar-refractivity contribution in [2.75, 3.05) is 6.61 Å². The Bertz CT molecular complexity index is 340. The minimum Gasteiger partial charge on any atom is -0.502 e. The molecule has 4 heteroatoms. The molecule has 0 radical (unpaired) electrons. The Labute approximate surface area is 75.4 Å². The van der Waals surface area contributed by atoms with Crippen molar-refractivity contribution in [1.29, 1.82) is 0 Å². The van der Waals surface area contributed by atoms with E-state index < -0.39 is 5.43 Å². The third-order valence-corrected chi connectivity index (χ3v) is 1.68. The van der Waals surface area contributed by atoms with Crippen LogP contribution in [0.25, 0.3) is 0 Å². The molecule has 0 unspecified atom stereocenters. The van der Waals surface area contributed by atoms with E-state index >= 15 is 0 Å². The maximum atomic E-state index is 11.1. The lowest BCUT2D eigenvalue weighted by Crippen LogP contribution is -2.03. The van der Waals surface area contributed by atoms with E-state index in [0.717, 1.165) is 0 Å². The van der Waals surface area contributed by atoms with Gasteiger partial charge in [0.2, 0.25) is 11.2 Å². The summed E-state index contributed by atoms with van der Waals surface area (Å²) in [6, 6.07) is 1.23. The van der Waals surface area contributed by atoms with E-state index in [2.05, 4.69) is 0 Å². The number of rotatable bonds is 3. The summed E-state index contributed by atoms with van der Waals surface area (Å²) in [5.41, 5.74) is -0.434. The van der Waals surface area contributed by atoms with Gasteiger partial charge in [0, 0.05) is 19.1 Å². The molecular weight excluding hydrogens is 172 g/mol. The zero-order valence-electron chi connectivity index (χ0n) is 7.41. The minimum absolute atomic E-state index is 0.0110. The van der Waals surface area contributed by atoms with Crippen molar-refractivity contribution >= 4 is 0 Å². The fourth-order valence-corrected chi connectivity index (χ4v) is 1.07. The summed E-state index contributed by atoms with van der Waals surface area (Å²) >= 11 is 0. The highest BCUT2D eigenvalue weighted by Gasteiger charge is 2.08. The normalized spacial score (nSPS) is 10.3. The van der Waals surface area contributed by atoms with Crippen molar-refractivity contribution in [3.63, 3.8) is 0 Å². The molecule has 1 aromatic heterocycles. The van der Waals surface area contributed by atoms with Crippen LogP contribution < -0.4 is 5.43 Å². The predicted octanol–water partition coefficient (Wildman–Crippen LogP) is 0.579. The van der Waals surface area contributed by atoms with E-state index in [0.29, 0.717) is 18.6 Å². The molecule has 0 saturated heterocycles. The second-order valence-electron chi connectivity index (χ2n) is 2.82. The van der Waals surface area contributed by atoms with Crippen LogP contribution in [0.4, 0.5) is 0 Å². The number of hydrogen-bond acceptors (Lipinski definition) is 4. The molecule has 0 aliphatic rings. The van der Waals surface area contributed by atoms with E-state index in [1.54, 1.807) is 6.92 Å². The Morgan fingerprint density at radius 1 is 1.54 bits per heavy atom. The van der Waals surface area contributed by atoms with Gasteiger partial charge in [-0.2, -0.15) is 0 Å².